The van der Waals surface area contributed by atoms with E-state index in [1.807, 2.05) is 13.0 Å². The van der Waals surface area contributed by atoms with Crippen LogP contribution in [0.1, 0.15) is 15.9 Å². The van der Waals surface area contributed by atoms with Gasteiger partial charge in [0.15, 0.2) is 5.17 Å². The quantitative estimate of drug-likeness (QED) is 0.742. The number of aryl methyl sites for hydroxylation is 1. The van der Waals surface area contributed by atoms with Crippen LogP contribution < -0.4 is 10.0 Å². The molecule has 0 atom stereocenters. The van der Waals surface area contributed by atoms with E-state index in [4.69, 9.17) is 0 Å². The molecule has 0 saturated heterocycles. The van der Waals surface area contributed by atoms with Crippen LogP contribution in [0.5, 0.6) is 0 Å². The van der Waals surface area contributed by atoms with Gasteiger partial charge >= 0.3 is 0 Å². The third-order valence-corrected chi connectivity index (χ3v) is 6.52. The normalized spacial score (nSPS) is 14.0. The number of hydrogen-bond acceptors (Lipinski definition) is 5. The van der Waals surface area contributed by atoms with Gasteiger partial charge in [-0.25, -0.2) is 8.42 Å². The molecule has 0 unspecified atom stereocenters. The molecule has 0 saturated carbocycles. The number of hydrogen-bond donors (Lipinski definition) is 2. The summed E-state index contributed by atoms with van der Waals surface area (Å²) in [4.78, 5) is 16.5. The first-order valence-electron chi connectivity index (χ1n) is 7.73. The van der Waals surface area contributed by atoms with E-state index in [1.54, 1.807) is 24.3 Å². The van der Waals surface area contributed by atoms with Crippen LogP contribution in [-0.2, 0) is 10.0 Å². The fourth-order valence-electron chi connectivity index (χ4n) is 2.31. The summed E-state index contributed by atoms with van der Waals surface area (Å²) < 4.78 is 28.6. The maximum absolute atomic E-state index is 12.7. The van der Waals surface area contributed by atoms with Gasteiger partial charge in [-0.15, -0.1) is 0 Å². The lowest BCUT2D eigenvalue weighted by molar-refractivity contribution is 0.0978. The molecule has 1 aliphatic heterocycles. The number of amidine groups is 1. The molecule has 0 bridgehead atoms. The molecule has 26 heavy (non-hydrogen) atoms. The van der Waals surface area contributed by atoms with Crippen molar-refractivity contribution >= 4 is 54.5 Å². The summed E-state index contributed by atoms with van der Waals surface area (Å²) in [5.41, 5.74) is 1.62. The molecule has 0 aromatic heterocycles. The highest BCUT2D eigenvalue weighted by Gasteiger charge is 2.19. The van der Waals surface area contributed by atoms with E-state index in [9.17, 15) is 13.2 Å². The second-order valence-corrected chi connectivity index (χ2v) is 9.23. The molecule has 3 rings (SSSR count). The van der Waals surface area contributed by atoms with Gasteiger partial charge in [0.1, 0.15) is 0 Å². The van der Waals surface area contributed by atoms with Gasteiger partial charge in [0, 0.05) is 15.8 Å². The molecule has 0 aliphatic carbocycles. The maximum Gasteiger partial charge on any atom is 0.261 e. The lowest BCUT2D eigenvalue weighted by Crippen LogP contribution is -2.27. The number of sulfonamides is 1. The fraction of sp³-hybridized carbons (Fsp3) is 0.176. The number of benzene rings is 2. The zero-order valence-corrected chi connectivity index (χ0v) is 17.0. The molecule has 0 fully saturated rings. The molecule has 0 spiro atoms. The average Bonchev–Trinajstić information content (AvgIpc) is 3.11. The predicted octanol–water partition coefficient (Wildman–Crippen LogP) is 3.39. The average molecular weight is 454 g/mol. The summed E-state index contributed by atoms with van der Waals surface area (Å²) in [6.07, 6.45) is 0. The molecule has 136 valence electrons. The van der Waals surface area contributed by atoms with Crippen LogP contribution in [0.2, 0.25) is 0 Å². The zero-order valence-electron chi connectivity index (χ0n) is 13.8. The number of amides is 1. The van der Waals surface area contributed by atoms with Crippen LogP contribution in [0.3, 0.4) is 0 Å². The molecule has 9 heteroatoms. The number of nitrogens with one attached hydrogen (secondary N) is 2. The number of anilines is 1. The maximum atomic E-state index is 12.7. The highest BCUT2D eigenvalue weighted by Crippen LogP contribution is 2.26. The summed E-state index contributed by atoms with van der Waals surface area (Å²) in [6.45, 7) is 2.54. The van der Waals surface area contributed by atoms with Crippen molar-refractivity contribution in [3.8, 4) is 0 Å². The van der Waals surface area contributed by atoms with Crippen LogP contribution in [0, 0.1) is 6.92 Å². The Hall–Kier alpha value is -1.84. The van der Waals surface area contributed by atoms with Crippen molar-refractivity contribution in [3.05, 3.63) is 58.1 Å². The Balaban J connectivity index is 1.84. The van der Waals surface area contributed by atoms with Crippen molar-refractivity contribution in [2.75, 3.05) is 17.0 Å². The van der Waals surface area contributed by atoms with E-state index >= 15 is 0 Å². The molecular formula is C17H16BrN3O3S2. The first kappa shape index (κ1) is 18.9. The molecule has 1 heterocycles. The number of carbonyl (C=O) groups is 1. The van der Waals surface area contributed by atoms with Crippen LogP contribution in [0.25, 0.3) is 0 Å². The van der Waals surface area contributed by atoms with Gasteiger partial charge in [-0.2, -0.15) is 0 Å². The monoisotopic (exact) mass is 453 g/mol. The van der Waals surface area contributed by atoms with Crippen molar-refractivity contribution in [1.29, 1.82) is 0 Å². The third kappa shape index (κ3) is 4.46. The standard InChI is InChI=1S/C17H16BrN3O3S2/c1-11-5-6-14(18)15(9-11)21-26(23,24)13-4-2-3-12(10-13)16(22)20-17-19-7-8-25-17/h2-6,9-10,21H,7-8H2,1H3,(H,19,20,22). The second-order valence-electron chi connectivity index (χ2n) is 5.61. The van der Waals surface area contributed by atoms with Gasteiger partial charge in [0.2, 0.25) is 0 Å². The second kappa shape index (κ2) is 7.81. The van der Waals surface area contributed by atoms with E-state index in [-0.39, 0.29) is 16.4 Å². The number of halogens is 1. The fourth-order valence-corrected chi connectivity index (χ4v) is 4.62. The minimum atomic E-state index is -3.83. The Bertz CT molecular complexity index is 990. The summed E-state index contributed by atoms with van der Waals surface area (Å²) >= 11 is 4.80. The molecule has 0 radical (unpaired) electrons. The van der Waals surface area contributed by atoms with Crippen LogP contribution in [0.4, 0.5) is 5.69 Å². The minimum absolute atomic E-state index is 0.0135. The predicted molar refractivity (Wildman–Crippen MR) is 108 cm³/mol. The number of thioether (sulfide) groups is 1. The van der Waals surface area contributed by atoms with Crippen molar-refractivity contribution in [1.82, 2.24) is 5.32 Å². The molecule has 6 nitrogen and oxygen atoms in total. The van der Waals surface area contributed by atoms with Crippen LogP contribution in [0.15, 0.2) is 56.8 Å². The SMILES string of the molecule is Cc1ccc(Br)c(NS(=O)(=O)c2cccc(C(=O)NC3=NCCS3)c2)c1. The number of carbonyl (C=O) groups excluding carboxylic acids is 1. The number of rotatable bonds is 4. The molecule has 1 aliphatic rings. The molecular weight excluding hydrogens is 438 g/mol. The summed E-state index contributed by atoms with van der Waals surface area (Å²) in [7, 11) is -3.83. The third-order valence-electron chi connectivity index (χ3n) is 3.58. The van der Waals surface area contributed by atoms with Gasteiger partial charge < -0.3 is 5.32 Å². The van der Waals surface area contributed by atoms with E-state index in [0.29, 0.717) is 21.9 Å². The van der Waals surface area contributed by atoms with E-state index in [0.717, 1.165) is 11.3 Å². The highest BCUT2D eigenvalue weighted by atomic mass is 79.9. The smallest absolute Gasteiger partial charge is 0.261 e. The van der Waals surface area contributed by atoms with Crippen molar-refractivity contribution in [3.63, 3.8) is 0 Å². The van der Waals surface area contributed by atoms with Gasteiger partial charge in [-0.3, -0.25) is 14.5 Å². The topological polar surface area (TPSA) is 87.6 Å². The lowest BCUT2D eigenvalue weighted by atomic mass is 10.2. The van der Waals surface area contributed by atoms with Crippen molar-refractivity contribution in [2.45, 2.75) is 11.8 Å². The Kier molecular flexibility index (Phi) is 5.69. The van der Waals surface area contributed by atoms with E-state index in [1.165, 1.54) is 23.9 Å². The van der Waals surface area contributed by atoms with Crippen LogP contribution >= 0.6 is 27.7 Å². The Morgan fingerprint density at radius 3 is 2.77 bits per heavy atom. The molecule has 2 aromatic rings. The van der Waals surface area contributed by atoms with Crippen molar-refractivity contribution in [2.24, 2.45) is 4.99 Å². The number of aliphatic imine (C=N–C) groups is 1. The Morgan fingerprint density at radius 1 is 1.23 bits per heavy atom. The molecule has 1 amide bonds. The summed E-state index contributed by atoms with van der Waals surface area (Å²) in [5, 5.41) is 3.25. The Labute approximate surface area is 164 Å². The molecule has 2 aromatic carbocycles. The van der Waals surface area contributed by atoms with Crippen LogP contribution in [-0.4, -0.2) is 31.8 Å². The largest absolute Gasteiger partial charge is 0.301 e. The lowest BCUT2D eigenvalue weighted by Gasteiger charge is -2.11. The van der Waals surface area contributed by atoms with Gasteiger partial charge in [0.05, 0.1) is 17.1 Å². The summed E-state index contributed by atoms with van der Waals surface area (Å²) in [6, 6.07) is 11.3. The van der Waals surface area contributed by atoms with Crippen molar-refractivity contribution < 1.29 is 13.2 Å². The van der Waals surface area contributed by atoms with Gasteiger partial charge in [-0.1, -0.05) is 23.9 Å². The van der Waals surface area contributed by atoms with E-state index in [2.05, 4.69) is 31.0 Å². The highest BCUT2D eigenvalue weighted by molar-refractivity contribution is 9.10. The van der Waals surface area contributed by atoms with E-state index < -0.39 is 10.0 Å². The van der Waals surface area contributed by atoms with Gasteiger partial charge in [-0.05, 0) is 58.7 Å². The van der Waals surface area contributed by atoms with Gasteiger partial charge in [0.25, 0.3) is 15.9 Å². The zero-order chi connectivity index (χ0) is 18.7. The summed E-state index contributed by atoms with van der Waals surface area (Å²) in [5.74, 6) is 0.450. The molecule has 2 N–H and O–H groups in total. The first-order chi connectivity index (χ1) is 12.3. The first-order valence-corrected chi connectivity index (χ1v) is 11.0. The Morgan fingerprint density at radius 2 is 2.04 bits per heavy atom. The minimum Gasteiger partial charge on any atom is -0.301 e. The number of nitrogens with zero attached hydrogens (tertiary/aromatic N) is 1.